The van der Waals surface area contributed by atoms with E-state index in [0.29, 0.717) is 49.7 Å². The van der Waals surface area contributed by atoms with Crippen LogP contribution in [-0.2, 0) is 9.59 Å². The molecule has 1 aromatic carbocycles. The zero-order valence-electron chi connectivity index (χ0n) is 15.5. The third-order valence-electron chi connectivity index (χ3n) is 4.48. The number of ether oxygens (including phenoxy) is 1. The molecule has 1 saturated heterocycles. The second-order valence-corrected chi connectivity index (χ2v) is 6.87. The molecule has 0 aromatic heterocycles. The van der Waals surface area contributed by atoms with Crippen LogP contribution in [0.5, 0.6) is 5.75 Å². The maximum atomic E-state index is 12.6. The Morgan fingerprint density at radius 2 is 2.04 bits per heavy atom. The molecule has 1 aromatic rings. The van der Waals surface area contributed by atoms with E-state index in [4.69, 9.17) is 22.1 Å². The van der Waals surface area contributed by atoms with Crippen molar-refractivity contribution in [2.45, 2.75) is 44.6 Å². The summed E-state index contributed by atoms with van der Waals surface area (Å²) in [5.74, 6) is 0.698. The van der Waals surface area contributed by atoms with Crippen LogP contribution in [0.4, 0.5) is 0 Å². The average molecular weight is 418 g/mol. The summed E-state index contributed by atoms with van der Waals surface area (Å²) in [5, 5.41) is 3.45. The summed E-state index contributed by atoms with van der Waals surface area (Å²) in [5.41, 5.74) is 5.39. The Kier molecular flexibility index (Phi) is 11.2. The molecule has 3 N–H and O–H groups in total. The molecule has 0 bridgehead atoms. The number of nitrogens with zero attached hydrogens (tertiary/aromatic N) is 1. The Bertz CT molecular complexity index is 601. The molecule has 152 valence electrons. The van der Waals surface area contributed by atoms with E-state index < -0.39 is 0 Å². The van der Waals surface area contributed by atoms with Crippen LogP contribution < -0.4 is 15.8 Å². The molecular weight excluding hydrogens is 389 g/mol. The van der Waals surface area contributed by atoms with E-state index in [2.05, 4.69) is 5.32 Å². The molecule has 6 nitrogen and oxygen atoms in total. The fourth-order valence-electron chi connectivity index (χ4n) is 3.10. The highest BCUT2D eigenvalue weighted by atomic mass is 35.5. The summed E-state index contributed by atoms with van der Waals surface area (Å²) < 4.78 is 5.64. The first kappa shape index (κ1) is 23.5. The average Bonchev–Trinajstić information content (AvgIpc) is 2.65. The molecule has 27 heavy (non-hydrogen) atoms. The van der Waals surface area contributed by atoms with Gasteiger partial charge < -0.3 is 20.7 Å². The van der Waals surface area contributed by atoms with E-state index in [1.807, 2.05) is 23.1 Å². The zero-order chi connectivity index (χ0) is 18.8. The minimum atomic E-state index is -0.0568. The Balaban J connectivity index is 0.00000364. The van der Waals surface area contributed by atoms with Crippen molar-refractivity contribution in [3.8, 4) is 5.75 Å². The molecule has 1 aliphatic heterocycles. The van der Waals surface area contributed by atoms with E-state index >= 15 is 0 Å². The number of halogens is 2. The van der Waals surface area contributed by atoms with Gasteiger partial charge in [0.2, 0.25) is 11.8 Å². The number of rotatable bonds is 9. The minimum absolute atomic E-state index is 0. The lowest BCUT2D eigenvalue weighted by Gasteiger charge is -2.36. The normalized spacial score (nSPS) is 16.4. The van der Waals surface area contributed by atoms with Gasteiger partial charge in [0, 0.05) is 38.5 Å². The SMILES string of the molecule is Cl.NCCC(=O)NCC1CCCCN1C(=O)CCCOc1ccccc1Cl. The molecule has 1 heterocycles. The highest BCUT2D eigenvalue weighted by Crippen LogP contribution is 2.23. The van der Waals surface area contributed by atoms with Gasteiger partial charge in [-0.15, -0.1) is 12.4 Å². The van der Waals surface area contributed by atoms with Crippen LogP contribution in [0.2, 0.25) is 5.02 Å². The number of piperidine rings is 1. The first-order valence-electron chi connectivity index (χ1n) is 9.25. The fourth-order valence-corrected chi connectivity index (χ4v) is 3.29. The van der Waals surface area contributed by atoms with Crippen LogP contribution in [0.25, 0.3) is 0 Å². The smallest absolute Gasteiger partial charge is 0.223 e. The maximum absolute atomic E-state index is 12.6. The highest BCUT2D eigenvalue weighted by Gasteiger charge is 2.26. The summed E-state index contributed by atoms with van der Waals surface area (Å²) in [4.78, 5) is 26.1. The molecule has 1 aliphatic rings. The Morgan fingerprint density at radius 1 is 1.26 bits per heavy atom. The summed E-state index contributed by atoms with van der Waals surface area (Å²) >= 11 is 6.05. The van der Waals surface area contributed by atoms with E-state index in [0.717, 1.165) is 25.8 Å². The Hall–Kier alpha value is -1.50. The number of carbonyl (C=O) groups excluding carboxylic acids is 2. The molecule has 0 spiro atoms. The predicted molar refractivity (Wildman–Crippen MR) is 109 cm³/mol. The monoisotopic (exact) mass is 417 g/mol. The summed E-state index contributed by atoms with van der Waals surface area (Å²) in [6, 6.07) is 7.38. The lowest BCUT2D eigenvalue weighted by Crippen LogP contribution is -2.49. The topological polar surface area (TPSA) is 84.7 Å². The fraction of sp³-hybridized carbons (Fsp3) is 0.579. The third kappa shape index (κ3) is 7.95. The first-order chi connectivity index (χ1) is 12.6. The van der Waals surface area contributed by atoms with Crippen molar-refractivity contribution in [3.63, 3.8) is 0 Å². The Labute approximate surface area is 172 Å². The summed E-state index contributed by atoms with van der Waals surface area (Å²) in [7, 11) is 0. The minimum Gasteiger partial charge on any atom is -0.492 e. The van der Waals surface area contributed by atoms with Gasteiger partial charge in [0.1, 0.15) is 5.75 Å². The van der Waals surface area contributed by atoms with Crippen molar-refractivity contribution in [2.75, 3.05) is 26.2 Å². The number of nitrogens with two attached hydrogens (primary N) is 1. The molecule has 0 radical (unpaired) electrons. The molecule has 2 rings (SSSR count). The number of para-hydroxylation sites is 1. The lowest BCUT2D eigenvalue weighted by molar-refractivity contribution is -0.135. The van der Waals surface area contributed by atoms with Crippen molar-refractivity contribution >= 4 is 35.8 Å². The first-order valence-corrected chi connectivity index (χ1v) is 9.63. The van der Waals surface area contributed by atoms with Crippen molar-refractivity contribution < 1.29 is 14.3 Å². The maximum Gasteiger partial charge on any atom is 0.223 e. The van der Waals surface area contributed by atoms with E-state index in [1.165, 1.54) is 0 Å². The van der Waals surface area contributed by atoms with Gasteiger partial charge in [0.05, 0.1) is 11.6 Å². The number of carbonyl (C=O) groups is 2. The van der Waals surface area contributed by atoms with Crippen molar-refractivity contribution in [1.82, 2.24) is 10.2 Å². The molecule has 1 atom stereocenters. The lowest BCUT2D eigenvalue weighted by atomic mass is 10.0. The van der Waals surface area contributed by atoms with Crippen LogP contribution in [0.3, 0.4) is 0 Å². The standard InChI is InChI=1S/C19H28ClN3O3.ClH/c20-16-7-1-2-8-17(16)26-13-5-9-19(25)23-12-4-3-6-15(23)14-22-18(24)10-11-21;/h1-2,7-8,15H,3-6,9-14,21H2,(H,22,24);1H. The number of hydrogen-bond acceptors (Lipinski definition) is 4. The molecule has 2 amide bonds. The van der Waals surface area contributed by atoms with Crippen LogP contribution in [0.15, 0.2) is 24.3 Å². The van der Waals surface area contributed by atoms with Crippen LogP contribution in [0, 0.1) is 0 Å². The summed E-state index contributed by atoms with van der Waals surface area (Å²) in [6.45, 7) is 2.04. The van der Waals surface area contributed by atoms with Gasteiger partial charge in [-0.25, -0.2) is 0 Å². The van der Waals surface area contributed by atoms with Gasteiger partial charge in [-0.1, -0.05) is 23.7 Å². The number of amides is 2. The second kappa shape index (κ2) is 12.8. The van der Waals surface area contributed by atoms with Crippen molar-refractivity contribution in [3.05, 3.63) is 29.3 Å². The van der Waals surface area contributed by atoms with Gasteiger partial charge in [-0.05, 0) is 37.8 Å². The summed E-state index contributed by atoms with van der Waals surface area (Å²) in [6.07, 6.45) is 4.39. The Morgan fingerprint density at radius 3 is 2.78 bits per heavy atom. The van der Waals surface area contributed by atoms with Gasteiger partial charge in [-0.3, -0.25) is 9.59 Å². The van der Waals surface area contributed by atoms with Gasteiger partial charge >= 0.3 is 0 Å². The number of benzene rings is 1. The number of hydrogen-bond donors (Lipinski definition) is 2. The quantitative estimate of drug-likeness (QED) is 0.604. The van der Waals surface area contributed by atoms with Gasteiger partial charge in [0.25, 0.3) is 0 Å². The van der Waals surface area contributed by atoms with Crippen molar-refractivity contribution in [1.29, 1.82) is 0 Å². The second-order valence-electron chi connectivity index (χ2n) is 6.46. The van der Waals surface area contributed by atoms with Gasteiger partial charge in [-0.2, -0.15) is 0 Å². The van der Waals surface area contributed by atoms with E-state index in [-0.39, 0.29) is 30.3 Å². The molecule has 1 fully saturated rings. The molecule has 0 saturated carbocycles. The predicted octanol–water partition coefficient (Wildman–Crippen LogP) is 2.77. The van der Waals surface area contributed by atoms with E-state index in [9.17, 15) is 9.59 Å². The zero-order valence-corrected chi connectivity index (χ0v) is 17.1. The van der Waals surface area contributed by atoms with Gasteiger partial charge in [0.15, 0.2) is 0 Å². The largest absolute Gasteiger partial charge is 0.492 e. The number of nitrogens with one attached hydrogen (secondary N) is 1. The van der Waals surface area contributed by atoms with Crippen LogP contribution >= 0.6 is 24.0 Å². The van der Waals surface area contributed by atoms with E-state index in [1.54, 1.807) is 6.07 Å². The molecule has 0 aliphatic carbocycles. The van der Waals surface area contributed by atoms with Crippen LogP contribution in [-0.4, -0.2) is 49.0 Å². The van der Waals surface area contributed by atoms with Crippen LogP contribution in [0.1, 0.15) is 38.5 Å². The molecule has 8 heteroatoms. The number of likely N-dealkylation sites (tertiary alicyclic amines) is 1. The molecule has 1 unspecified atom stereocenters. The molecular formula is C19H29Cl2N3O3. The highest BCUT2D eigenvalue weighted by molar-refractivity contribution is 6.32. The third-order valence-corrected chi connectivity index (χ3v) is 4.80. The van der Waals surface area contributed by atoms with Crippen molar-refractivity contribution in [2.24, 2.45) is 5.73 Å².